The van der Waals surface area contributed by atoms with Gasteiger partial charge in [0, 0.05) is 11.1 Å². The second-order valence-electron chi connectivity index (χ2n) is 3.69. The van der Waals surface area contributed by atoms with Crippen molar-refractivity contribution < 1.29 is 19.4 Å². The van der Waals surface area contributed by atoms with Crippen LogP contribution in [0.25, 0.3) is 0 Å². The number of hydrogen-bond acceptors (Lipinski definition) is 4. The van der Waals surface area contributed by atoms with Crippen LogP contribution in [0.4, 0.5) is 0 Å². The molecule has 0 radical (unpaired) electrons. The summed E-state index contributed by atoms with van der Waals surface area (Å²) in [4.78, 5) is 11.2. The summed E-state index contributed by atoms with van der Waals surface area (Å²) in [6.45, 7) is 2.54. The van der Waals surface area contributed by atoms with Crippen LogP contribution in [0, 0.1) is 0 Å². The molecule has 19 heavy (non-hydrogen) atoms. The maximum atomic E-state index is 11.2. The van der Waals surface area contributed by atoms with Gasteiger partial charge < -0.3 is 14.6 Å². The highest BCUT2D eigenvalue weighted by molar-refractivity contribution is 7.99. The lowest BCUT2D eigenvalue weighted by Gasteiger charge is -2.13. The van der Waals surface area contributed by atoms with Crippen molar-refractivity contribution in [3.05, 3.63) is 22.7 Å². The van der Waals surface area contributed by atoms with Crippen molar-refractivity contribution in [3.63, 3.8) is 0 Å². The first kappa shape index (κ1) is 16.0. The lowest BCUT2D eigenvalue weighted by Crippen LogP contribution is -2.07. The van der Waals surface area contributed by atoms with Crippen LogP contribution in [0.15, 0.2) is 12.1 Å². The molecule has 1 N–H and O–H groups in total. The zero-order valence-electron chi connectivity index (χ0n) is 10.9. The first-order valence-corrected chi connectivity index (χ1v) is 7.44. The van der Waals surface area contributed by atoms with E-state index in [0.29, 0.717) is 17.4 Å². The topological polar surface area (TPSA) is 55.8 Å². The van der Waals surface area contributed by atoms with Crippen LogP contribution >= 0.6 is 23.4 Å². The zero-order valence-corrected chi connectivity index (χ0v) is 12.5. The number of halogens is 1. The summed E-state index contributed by atoms with van der Waals surface area (Å²) in [5.41, 5.74) is 0.0208. The highest BCUT2D eigenvalue weighted by Gasteiger charge is 2.18. The molecule has 106 valence electrons. The predicted molar refractivity (Wildman–Crippen MR) is 78.1 cm³/mol. The van der Waals surface area contributed by atoms with Crippen molar-refractivity contribution in [1.82, 2.24) is 0 Å². The quantitative estimate of drug-likeness (QED) is 0.744. The average molecular weight is 305 g/mol. The van der Waals surface area contributed by atoms with Crippen molar-refractivity contribution in [2.75, 3.05) is 25.2 Å². The summed E-state index contributed by atoms with van der Waals surface area (Å²) < 4.78 is 10.7. The highest BCUT2D eigenvalue weighted by atomic mass is 35.5. The van der Waals surface area contributed by atoms with E-state index in [9.17, 15) is 4.79 Å². The Morgan fingerprint density at radius 2 is 2.21 bits per heavy atom. The minimum Gasteiger partial charge on any atom is -0.493 e. The van der Waals surface area contributed by atoms with Gasteiger partial charge in [-0.3, -0.25) is 0 Å². The molecule has 1 aromatic carbocycles. The molecule has 0 aliphatic carbocycles. The first-order valence-electron chi connectivity index (χ1n) is 5.91. The normalized spacial score (nSPS) is 10.3. The molecule has 1 aromatic rings. The SMILES string of the molecule is CCSCCCOc1c(OC)cc(Cl)cc1C(=O)O. The number of benzene rings is 1. The molecule has 6 heteroatoms. The van der Waals surface area contributed by atoms with Crippen LogP contribution in [0.1, 0.15) is 23.7 Å². The fourth-order valence-electron chi connectivity index (χ4n) is 1.51. The number of ether oxygens (including phenoxy) is 2. The van der Waals surface area contributed by atoms with Crippen molar-refractivity contribution in [2.45, 2.75) is 13.3 Å². The molecular weight excluding hydrogens is 288 g/mol. The molecule has 4 nitrogen and oxygen atoms in total. The molecule has 0 saturated carbocycles. The van der Waals surface area contributed by atoms with Crippen LogP contribution in [-0.4, -0.2) is 36.3 Å². The predicted octanol–water partition coefficient (Wildman–Crippen LogP) is 3.57. The minimum absolute atomic E-state index is 0.0208. The third kappa shape index (κ3) is 4.84. The molecule has 0 aliphatic rings. The number of methoxy groups -OCH3 is 1. The second-order valence-corrected chi connectivity index (χ2v) is 5.52. The number of hydrogen-bond donors (Lipinski definition) is 1. The number of carboxylic acids is 1. The Morgan fingerprint density at radius 3 is 2.79 bits per heavy atom. The van der Waals surface area contributed by atoms with Crippen molar-refractivity contribution in [3.8, 4) is 11.5 Å². The molecule has 0 unspecified atom stereocenters. The molecule has 0 aliphatic heterocycles. The van der Waals surface area contributed by atoms with E-state index in [1.165, 1.54) is 13.2 Å². The Morgan fingerprint density at radius 1 is 1.47 bits per heavy atom. The molecule has 0 fully saturated rings. The van der Waals surface area contributed by atoms with Gasteiger partial charge in [0.05, 0.1) is 13.7 Å². The van der Waals surface area contributed by atoms with Crippen molar-refractivity contribution >= 4 is 29.3 Å². The van der Waals surface area contributed by atoms with Crippen LogP contribution in [0.5, 0.6) is 11.5 Å². The van der Waals surface area contributed by atoms with Crippen LogP contribution < -0.4 is 9.47 Å². The smallest absolute Gasteiger partial charge is 0.339 e. The van der Waals surface area contributed by atoms with Gasteiger partial charge in [-0.2, -0.15) is 11.8 Å². The maximum Gasteiger partial charge on any atom is 0.339 e. The van der Waals surface area contributed by atoms with Gasteiger partial charge in [0.2, 0.25) is 0 Å². The minimum atomic E-state index is -1.08. The first-order chi connectivity index (χ1) is 9.10. The molecule has 0 amide bonds. The van der Waals surface area contributed by atoms with E-state index < -0.39 is 5.97 Å². The Kier molecular flexibility index (Phi) is 6.87. The fourth-order valence-corrected chi connectivity index (χ4v) is 2.33. The van der Waals surface area contributed by atoms with E-state index in [0.717, 1.165) is 17.9 Å². The average Bonchev–Trinajstić information content (AvgIpc) is 2.38. The van der Waals surface area contributed by atoms with Gasteiger partial charge in [-0.15, -0.1) is 0 Å². The number of thioether (sulfide) groups is 1. The van der Waals surface area contributed by atoms with E-state index in [1.807, 2.05) is 11.8 Å². The second kappa shape index (κ2) is 8.17. The summed E-state index contributed by atoms with van der Waals surface area (Å²) >= 11 is 7.66. The van der Waals surface area contributed by atoms with Gasteiger partial charge in [-0.25, -0.2) is 4.79 Å². The molecule has 1 rings (SSSR count). The molecule has 0 bridgehead atoms. The number of carboxylic acid groups (broad SMARTS) is 1. The van der Waals surface area contributed by atoms with E-state index in [-0.39, 0.29) is 11.3 Å². The third-order valence-corrected chi connectivity index (χ3v) is 3.56. The highest BCUT2D eigenvalue weighted by Crippen LogP contribution is 2.34. The lowest BCUT2D eigenvalue weighted by molar-refractivity contribution is 0.0691. The number of aromatic carboxylic acids is 1. The van der Waals surface area contributed by atoms with Gasteiger partial charge in [0.15, 0.2) is 11.5 Å². The Hall–Kier alpha value is -1.07. The van der Waals surface area contributed by atoms with E-state index in [2.05, 4.69) is 6.92 Å². The van der Waals surface area contributed by atoms with Crippen molar-refractivity contribution in [1.29, 1.82) is 0 Å². The van der Waals surface area contributed by atoms with Crippen LogP contribution in [0.3, 0.4) is 0 Å². The summed E-state index contributed by atoms with van der Waals surface area (Å²) in [5.74, 6) is 1.53. The molecule has 0 saturated heterocycles. The molecule has 0 atom stereocenters. The zero-order chi connectivity index (χ0) is 14.3. The van der Waals surface area contributed by atoms with Crippen LogP contribution in [-0.2, 0) is 0 Å². The third-order valence-electron chi connectivity index (χ3n) is 2.35. The van der Waals surface area contributed by atoms with Gasteiger partial charge in [0.1, 0.15) is 5.56 Å². The summed E-state index contributed by atoms with van der Waals surface area (Å²) in [6, 6.07) is 2.91. The Bertz CT molecular complexity index is 437. The fraction of sp³-hybridized carbons (Fsp3) is 0.462. The van der Waals surface area contributed by atoms with Gasteiger partial charge in [-0.05, 0) is 24.0 Å². The molecule has 0 spiro atoms. The lowest BCUT2D eigenvalue weighted by atomic mass is 10.2. The van der Waals surface area contributed by atoms with Gasteiger partial charge >= 0.3 is 5.97 Å². The molecule has 0 aromatic heterocycles. The van der Waals surface area contributed by atoms with E-state index in [4.69, 9.17) is 26.2 Å². The molecule has 0 heterocycles. The summed E-state index contributed by atoms with van der Waals surface area (Å²) in [6.07, 6.45) is 0.851. The van der Waals surface area contributed by atoms with E-state index >= 15 is 0 Å². The van der Waals surface area contributed by atoms with Crippen LogP contribution in [0.2, 0.25) is 5.02 Å². The van der Waals surface area contributed by atoms with Crippen molar-refractivity contribution in [2.24, 2.45) is 0 Å². The number of rotatable bonds is 8. The largest absolute Gasteiger partial charge is 0.493 e. The Balaban J connectivity index is 2.81. The maximum absolute atomic E-state index is 11.2. The van der Waals surface area contributed by atoms with Gasteiger partial charge in [0.25, 0.3) is 0 Å². The summed E-state index contributed by atoms with van der Waals surface area (Å²) in [5, 5.41) is 9.46. The van der Waals surface area contributed by atoms with E-state index in [1.54, 1.807) is 6.07 Å². The number of carbonyl (C=O) groups is 1. The standard InChI is InChI=1S/C13H17ClO4S/c1-3-19-6-4-5-18-12-10(13(15)16)7-9(14)8-11(12)17-2/h7-8H,3-6H2,1-2H3,(H,15,16). The van der Waals surface area contributed by atoms with Gasteiger partial charge in [-0.1, -0.05) is 18.5 Å². The summed E-state index contributed by atoms with van der Waals surface area (Å²) in [7, 11) is 1.46. The molecular formula is C13H17ClO4S. The monoisotopic (exact) mass is 304 g/mol. The Labute approximate surface area is 122 Å².